The molecule has 3 rings (SSSR count). The van der Waals surface area contributed by atoms with Crippen molar-refractivity contribution in [3.8, 4) is 11.5 Å². The molecule has 1 aromatic rings. The molecule has 2 aliphatic heterocycles. The summed E-state index contributed by atoms with van der Waals surface area (Å²) in [6.07, 6.45) is 4.29. The minimum atomic E-state index is -0.453. The fraction of sp³-hybridized carbons (Fsp3) is 0.708. The molecule has 1 saturated heterocycles. The lowest BCUT2D eigenvalue weighted by atomic mass is 9.93. The Kier molecular flexibility index (Phi) is 9.89. The Balaban J connectivity index is 1.61. The van der Waals surface area contributed by atoms with Gasteiger partial charge in [-0.2, -0.15) is 0 Å². The van der Waals surface area contributed by atoms with Gasteiger partial charge in [0.2, 0.25) is 0 Å². The first-order valence-corrected chi connectivity index (χ1v) is 12.0. The van der Waals surface area contributed by atoms with Crippen LogP contribution < -0.4 is 20.1 Å². The summed E-state index contributed by atoms with van der Waals surface area (Å²) in [6.45, 7) is 7.73. The number of piperidine rings is 1. The molecule has 0 spiro atoms. The summed E-state index contributed by atoms with van der Waals surface area (Å²) in [7, 11) is 1.71. The lowest BCUT2D eigenvalue weighted by Gasteiger charge is -2.36. The smallest absolute Gasteiger partial charge is 0.255 e. The number of nitrogens with one attached hydrogen (secondary N) is 2. The van der Waals surface area contributed by atoms with E-state index >= 15 is 0 Å². The third-order valence-corrected chi connectivity index (χ3v) is 6.10. The second-order valence-corrected chi connectivity index (χ2v) is 8.65. The molecule has 3 N–H and O–H groups in total. The van der Waals surface area contributed by atoms with E-state index in [4.69, 9.17) is 14.2 Å². The second kappa shape index (κ2) is 12.9. The summed E-state index contributed by atoms with van der Waals surface area (Å²) in [6, 6.07) is 3.75. The van der Waals surface area contributed by atoms with Crippen LogP contribution in [0.25, 0.3) is 0 Å². The molecule has 0 aliphatic carbocycles. The molecular weight excluding hydrogens is 410 g/mol. The quantitative estimate of drug-likeness (QED) is 0.447. The van der Waals surface area contributed by atoms with Gasteiger partial charge in [-0.1, -0.05) is 13.3 Å². The van der Waals surface area contributed by atoms with Crippen LogP contribution in [-0.4, -0.2) is 81.7 Å². The maximum Gasteiger partial charge on any atom is 0.255 e. The summed E-state index contributed by atoms with van der Waals surface area (Å²) in [5.41, 5.74) is 1.34. The number of ether oxygens (including phenoxy) is 3. The number of β-amino-alcohol motifs (C(OH)–C–C–N with tert-alkyl or cyclic N) is 1. The molecule has 180 valence electrons. The molecule has 0 saturated carbocycles. The van der Waals surface area contributed by atoms with Crippen LogP contribution in [0.1, 0.15) is 49.4 Å². The van der Waals surface area contributed by atoms with E-state index < -0.39 is 6.10 Å². The number of carbonyl (C=O) groups excluding carboxylic acids is 1. The van der Waals surface area contributed by atoms with Crippen molar-refractivity contribution in [3.05, 3.63) is 17.7 Å². The average Bonchev–Trinajstić information content (AvgIpc) is 3.04. The number of amides is 1. The van der Waals surface area contributed by atoms with Crippen molar-refractivity contribution in [1.82, 2.24) is 10.2 Å². The molecule has 0 radical (unpaired) electrons. The first kappa shape index (κ1) is 24.6. The van der Waals surface area contributed by atoms with Crippen molar-refractivity contribution in [2.24, 2.45) is 5.92 Å². The number of fused-ring (bicyclic) bond motifs is 1. The fourth-order valence-corrected chi connectivity index (χ4v) is 4.19. The Morgan fingerprint density at radius 1 is 1.28 bits per heavy atom. The van der Waals surface area contributed by atoms with Crippen LogP contribution in [0, 0.1) is 5.92 Å². The lowest BCUT2D eigenvalue weighted by molar-refractivity contribution is 0.0192. The number of carbonyl (C=O) groups is 1. The van der Waals surface area contributed by atoms with Crippen LogP contribution in [0.4, 0.5) is 5.69 Å². The highest BCUT2D eigenvalue weighted by atomic mass is 16.5. The van der Waals surface area contributed by atoms with E-state index in [0.29, 0.717) is 43.4 Å². The van der Waals surface area contributed by atoms with Crippen molar-refractivity contribution < 1.29 is 24.1 Å². The van der Waals surface area contributed by atoms with Gasteiger partial charge in [-0.15, -0.1) is 0 Å². The van der Waals surface area contributed by atoms with E-state index in [0.717, 1.165) is 64.0 Å². The summed E-state index contributed by atoms with van der Waals surface area (Å²) in [5, 5.41) is 17.0. The number of unbranched alkanes of at least 4 members (excludes halogenated alkanes) is 1. The average molecular weight is 450 g/mol. The van der Waals surface area contributed by atoms with Crippen molar-refractivity contribution in [1.29, 1.82) is 0 Å². The van der Waals surface area contributed by atoms with Gasteiger partial charge in [0.25, 0.3) is 5.91 Å². The van der Waals surface area contributed by atoms with Crippen molar-refractivity contribution in [2.75, 3.05) is 65.0 Å². The Hall–Kier alpha value is -2.03. The molecule has 1 fully saturated rings. The van der Waals surface area contributed by atoms with Crippen LogP contribution in [0.5, 0.6) is 11.5 Å². The largest absolute Gasteiger partial charge is 0.489 e. The van der Waals surface area contributed by atoms with Gasteiger partial charge >= 0.3 is 0 Å². The van der Waals surface area contributed by atoms with Gasteiger partial charge in [-0.05, 0) is 31.9 Å². The summed E-state index contributed by atoms with van der Waals surface area (Å²) >= 11 is 0. The van der Waals surface area contributed by atoms with E-state index in [1.54, 1.807) is 7.11 Å². The van der Waals surface area contributed by atoms with E-state index in [1.807, 2.05) is 12.1 Å². The monoisotopic (exact) mass is 449 g/mol. The molecule has 1 aromatic carbocycles. The van der Waals surface area contributed by atoms with Crippen molar-refractivity contribution >= 4 is 11.6 Å². The number of aliphatic hydroxyl groups is 1. The zero-order chi connectivity index (χ0) is 22.8. The lowest BCUT2D eigenvalue weighted by Crippen LogP contribution is -2.48. The van der Waals surface area contributed by atoms with Gasteiger partial charge in [0.15, 0.2) is 11.5 Å². The van der Waals surface area contributed by atoms with Gasteiger partial charge < -0.3 is 34.9 Å². The number of aliphatic hydroxyl groups excluding tert-OH is 1. The third-order valence-electron chi connectivity index (χ3n) is 6.10. The van der Waals surface area contributed by atoms with Gasteiger partial charge in [-0.3, -0.25) is 4.79 Å². The molecule has 0 unspecified atom stereocenters. The normalized spacial score (nSPS) is 21.1. The minimum absolute atomic E-state index is 0.0410. The first-order valence-electron chi connectivity index (χ1n) is 12.0. The minimum Gasteiger partial charge on any atom is -0.489 e. The second-order valence-electron chi connectivity index (χ2n) is 8.65. The van der Waals surface area contributed by atoms with Crippen LogP contribution in [0.15, 0.2) is 12.1 Å². The van der Waals surface area contributed by atoms with Crippen molar-refractivity contribution in [3.63, 3.8) is 0 Å². The number of likely N-dealkylation sites (tertiary alicyclic amines) is 1. The Bertz CT molecular complexity index is 730. The molecule has 8 nitrogen and oxygen atoms in total. The maximum atomic E-state index is 13.1. The highest BCUT2D eigenvalue weighted by molar-refractivity contribution is 5.99. The van der Waals surface area contributed by atoms with Crippen LogP contribution in [-0.2, 0) is 4.74 Å². The number of anilines is 1. The van der Waals surface area contributed by atoms with Gasteiger partial charge in [-0.25, -0.2) is 0 Å². The zero-order valence-corrected chi connectivity index (χ0v) is 19.5. The number of methoxy groups -OCH3 is 1. The predicted molar refractivity (Wildman–Crippen MR) is 125 cm³/mol. The number of benzene rings is 1. The molecule has 2 heterocycles. The molecule has 1 amide bonds. The molecule has 0 aromatic heterocycles. The summed E-state index contributed by atoms with van der Waals surface area (Å²) < 4.78 is 16.8. The Morgan fingerprint density at radius 3 is 2.91 bits per heavy atom. The SMILES string of the molecule is CCCCNc1cc2c(c(C(=O)NC[C@@H]3CCN(CCCOC)C[C@H]3O)c1)OCCCO2. The Labute approximate surface area is 191 Å². The topological polar surface area (TPSA) is 92.3 Å². The molecule has 0 bridgehead atoms. The van der Waals surface area contributed by atoms with Gasteiger partial charge in [0, 0.05) is 64.0 Å². The van der Waals surface area contributed by atoms with Crippen LogP contribution >= 0.6 is 0 Å². The molecule has 32 heavy (non-hydrogen) atoms. The number of hydrogen-bond acceptors (Lipinski definition) is 7. The molecule has 2 aliphatic rings. The van der Waals surface area contributed by atoms with Crippen LogP contribution in [0.2, 0.25) is 0 Å². The predicted octanol–water partition coefficient (Wildman–Crippen LogP) is 2.51. The standard InChI is InChI=1S/C24H39N3O5/c1-3-4-8-25-19-14-20(23-22(15-19)31-12-6-13-32-23)24(29)26-16-18-7-10-27(17-21(18)28)9-5-11-30-2/h14-15,18,21,25,28H,3-13,16-17H2,1-2H3,(H,26,29)/t18-,21+/m0/s1. The Morgan fingerprint density at radius 2 is 2.12 bits per heavy atom. The summed E-state index contributed by atoms with van der Waals surface area (Å²) in [4.78, 5) is 15.4. The number of rotatable bonds is 11. The third kappa shape index (κ3) is 6.98. The van der Waals surface area contributed by atoms with E-state index in [9.17, 15) is 9.90 Å². The molecule has 2 atom stereocenters. The molecular formula is C24H39N3O5. The highest BCUT2D eigenvalue weighted by Gasteiger charge is 2.28. The highest BCUT2D eigenvalue weighted by Crippen LogP contribution is 2.36. The van der Waals surface area contributed by atoms with Gasteiger partial charge in [0.05, 0.1) is 24.9 Å². The number of nitrogens with zero attached hydrogens (tertiary/aromatic N) is 1. The maximum absolute atomic E-state index is 13.1. The molecule has 8 heteroatoms. The van der Waals surface area contributed by atoms with Gasteiger partial charge in [0.1, 0.15) is 0 Å². The fourth-order valence-electron chi connectivity index (χ4n) is 4.19. The van der Waals surface area contributed by atoms with E-state index in [2.05, 4.69) is 22.5 Å². The summed E-state index contributed by atoms with van der Waals surface area (Å²) in [5.74, 6) is 0.966. The van der Waals surface area contributed by atoms with E-state index in [1.165, 1.54) is 0 Å². The first-order chi connectivity index (χ1) is 15.6. The van der Waals surface area contributed by atoms with Crippen LogP contribution in [0.3, 0.4) is 0 Å². The zero-order valence-electron chi connectivity index (χ0n) is 19.5. The van der Waals surface area contributed by atoms with E-state index in [-0.39, 0.29) is 11.8 Å². The van der Waals surface area contributed by atoms with Crippen molar-refractivity contribution in [2.45, 2.75) is 45.1 Å². The number of hydrogen-bond donors (Lipinski definition) is 3.